The third-order valence-electron chi connectivity index (χ3n) is 3.19. The first-order valence-corrected chi connectivity index (χ1v) is 6.75. The molecule has 1 aromatic carbocycles. The lowest BCUT2D eigenvalue weighted by Gasteiger charge is -2.25. The molecule has 0 N–H and O–H groups in total. The summed E-state index contributed by atoms with van der Waals surface area (Å²) >= 11 is 0. The van der Waals surface area contributed by atoms with Crippen LogP contribution in [0.15, 0.2) is 39.5 Å². The Morgan fingerprint density at radius 3 is 2.76 bits per heavy atom. The molecule has 0 saturated carbocycles. The van der Waals surface area contributed by atoms with Gasteiger partial charge in [0.25, 0.3) is 5.91 Å². The Balaban J connectivity index is 2.43. The van der Waals surface area contributed by atoms with E-state index in [0.717, 1.165) is 0 Å². The first-order chi connectivity index (χ1) is 10.0. The number of carbonyl (C=O) groups excluding carboxylic acids is 1. The summed E-state index contributed by atoms with van der Waals surface area (Å²) in [4.78, 5) is 26.0. The van der Waals surface area contributed by atoms with Gasteiger partial charge < -0.3 is 9.32 Å². The third kappa shape index (κ3) is 3.11. The second-order valence-electron chi connectivity index (χ2n) is 4.97. The molecule has 0 spiro atoms. The summed E-state index contributed by atoms with van der Waals surface area (Å²) in [6.07, 6.45) is 0.238. The molecule has 0 aliphatic heterocycles. The average Bonchev–Trinajstić information content (AvgIpc) is 2.47. The zero-order valence-electron chi connectivity index (χ0n) is 12.0. The van der Waals surface area contributed by atoms with Crippen LogP contribution in [0.3, 0.4) is 0 Å². The Hall–Kier alpha value is -2.61. The molecule has 1 aromatic heterocycles. The molecule has 0 aliphatic rings. The summed E-state index contributed by atoms with van der Waals surface area (Å²) < 4.78 is 5.54. The standard InChI is InChI=1S/C16H16N2O3/c1-11(2)18(9-5-8-17)16(20)15-10-13(19)12-6-3-4-7-14(12)21-15/h3-4,6-7,10-11H,5,9H2,1-2H3. The Kier molecular flexibility index (Phi) is 4.39. The second-order valence-corrected chi connectivity index (χ2v) is 4.97. The van der Waals surface area contributed by atoms with E-state index in [1.165, 1.54) is 11.0 Å². The van der Waals surface area contributed by atoms with Gasteiger partial charge in [0.2, 0.25) is 0 Å². The zero-order chi connectivity index (χ0) is 15.4. The van der Waals surface area contributed by atoms with Crippen LogP contribution in [0.5, 0.6) is 0 Å². The predicted octanol–water partition coefficient (Wildman–Crippen LogP) is 2.56. The van der Waals surface area contributed by atoms with Crippen LogP contribution < -0.4 is 5.43 Å². The Labute approximate surface area is 122 Å². The molecule has 2 aromatic rings. The second kappa shape index (κ2) is 6.23. The van der Waals surface area contributed by atoms with Crippen molar-refractivity contribution < 1.29 is 9.21 Å². The van der Waals surface area contributed by atoms with E-state index in [0.29, 0.717) is 17.5 Å². The van der Waals surface area contributed by atoms with Gasteiger partial charge in [0, 0.05) is 18.7 Å². The van der Waals surface area contributed by atoms with E-state index in [1.54, 1.807) is 24.3 Å². The van der Waals surface area contributed by atoms with Crippen molar-refractivity contribution in [1.29, 1.82) is 5.26 Å². The van der Waals surface area contributed by atoms with Crippen LogP contribution in [-0.4, -0.2) is 23.4 Å². The molecule has 0 fully saturated rings. The molecule has 2 rings (SSSR count). The fourth-order valence-corrected chi connectivity index (χ4v) is 2.12. The fraction of sp³-hybridized carbons (Fsp3) is 0.312. The number of fused-ring (bicyclic) bond motifs is 1. The van der Waals surface area contributed by atoms with Crippen molar-refractivity contribution in [2.45, 2.75) is 26.3 Å². The molecule has 5 nitrogen and oxygen atoms in total. The highest BCUT2D eigenvalue weighted by Crippen LogP contribution is 2.14. The number of rotatable bonds is 4. The van der Waals surface area contributed by atoms with Crippen molar-refractivity contribution in [2.75, 3.05) is 6.54 Å². The van der Waals surface area contributed by atoms with Crippen LogP contribution in [-0.2, 0) is 0 Å². The Morgan fingerprint density at radius 1 is 1.38 bits per heavy atom. The smallest absolute Gasteiger partial charge is 0.289 e. The molecule has 0 atom stereocenters. The SMILES string of the molecule is CC(C)N(CCC#N)C(=O)c1cc(=O)c2ccccc2o1. The minimum atomic E-state index is -0.372. The highest BCUT2D eigenvalue weighted by Gasteiger charge is 2.21. The molecule has 5 heteroatoms. The van der Waals surface area contributed by atoms with Gasteiger partial charge in [-0.1, -0.05) is 12.1 Å². The molecule has 1 heterocycles. The van der Waals surface area contributed by atoms with Crippen molar-refractivity contribution >= 4 is 16.9 Å². The lowest BCUT2D eigenvalue weighted by molar-refractivity contribution is 0.0678. The molecular weight excluding hydrogens is 268 g/mol. The first-order valence-electron chi connectivity index (χ1n) is 6.75. The van der Waals surface area contributed by atoms with Gasteiger partial charge >= 0.3 is 0 Å². The lowest BCUT2D eigenvalue weighted by Crippen LogP contribution is -2.38. The van der Waals surface area contributed by atoms with E-state index in [-0.39, 0.29) is 29.6 Å². The molecule has 108 valence electrons. The Bertz CT molecular complexity index is 756. The molecular formula is C16H16N2O3. The van der Waals surface area contributed by atoms with Crippen molar-refractivity contribution in [1.82, 2.24) is 4.90 Å². The normalized spacial score (nSPS) is 10.6. The number of nitrogens with zero attached hydrogens (tertiary/aromatic N) is 2. The summed E-state index contributed by atoms with van der Waals surface area (Å²) in [6, 6.07) is 9.95. The molecule has 0 saturated heterocycles. The van der Waals surface area contributed by atoms with Crippen molar-refractivity contribution in [3.8, 4) is 6.07 Å². The van der Waals surface area contributed by atoms with Gasteiger partial charge in [-0.2, -0.15) is 5.26 Å². The van der Waals surface area contributed by atoms with Crippen LogP contribution in [0.25, 0.3) is 11.0 Å². The number of hydrogen-bond acceptors (Lipinski definition) is 4. The van der Waals surface area contributed by atoms with Crippen LogP contribution in [0, 0.1) is 11.3 Å². The van der Waals surface area contributed by atoms with Crippen LogP contribution in [0.4, 0.5) is 0 Å². The summed E-state index contributed by atoms with van der Waals surface area (Å²) in [7, 11) is 0. The molecule has 1 amide bonds. The number of amides is 1. The number of nitriles is 1. The molecule has 0 bridgehead atoms. The first kappa shape index (κ1) is 14.8. The van der Waals surface area contributed by atoms with E-state index < -0.39 is 0 Å². The summed E-state index contributed by atoms with van der Waals surface area (Å²) in [6.45, 7) is 4.02. The average molecular weight is 284 g/mol. The number of carbonyl (C=O) groups is 1. The minimum absolute atomic E-state index is 0.00494. The van der Waals surface area contributed by atoms with E-state index >= 15 is 0 Å². The molecule has 0 aliphatic carbocycles. The molecule has 0 unspecified atom stereocenters. The number of para-hydroxylation sites is 1. The van der Waals surface area contributed by atoms with E-state index in [9.17, 15) is 9.59 Å². The van der Waals surface area contributed by atoms with Gasteiger partial charge in [-0.3, -0.25) is 9.59 Å². The predicted molar refractivity (Wildman–Crippen MR) is 78.9 cm³/mol. The number of hydrogen-bond donors (Lipinski definition) is 0. The van der Waals surface area contributed by atoms with E-state index in [1.807, 2.05) is 19.9 Å². The Morgan fingerprint density at radius 2 is 2.10 bits per heavy atom. The van der Waals surface area contributed by atoms with Crippen LogP contribution >= 0.6 is 0 Å². The zero-order valence-corrected chi connectivity index (χ0v) is 12.0. The van der Waals surface area contributed by atoms with Gasteiger partial charge in [0.05, 0.1) is 17.9 Å². The van der Waals surface area contributed by atoms with Crippen molar-refractivity contribution in [3.63, 3.8) is 0 Å². The number of benzene rings is 1. The topological polar surface area (TPSA) is 74.3 Å². The minimum Gasteiger partial charge on any atom is -0.451 e. The van der Waals surface area contributed by atoms with Gasteiger partial charge in [-0.15, -0.1) is 0 Å². The quantitative estimate of drug-likeness (QED) is 0.864. The summed E-state index contributed by atoms with van der Waals surface area (Å²) in [5.41, 5.74) is 0.140. The van der Waals surface area contributed by atoms with Crippen LogP contribution in [0.1, 0.15) is 30.8 Å². The van der Waals surface area contributed by atoms with Crippen molar-refractivity contribution in [2.24, 2.45) is 0 Å². The maximum absolute atomic E-state index is 12.5. The van der Waals surface area contributed by atoms with Gasteiger partial charge in [0.15, 0.2) is 11.2 Å². The highest BCUT2D eigenvalue weighted by atomic mass is 16.3. The van der Waals surface area contributed by atoms with Crippen molar-refractivity contribution in [3.05, 3.63) is 46.3 Å². The van der Waals surface area contributed by atoms with Crippen LogP contribution in [0.2, 0.25) is 0 Å². The maximum atomic E-state index is 12.5. The fourth-order valence-electron chi connectivity index (χ4n) is 2.12. The summed E-state index contributed by atoms with van der Waals surface area (Å²) in [5, 5.41) is 9.12. The third-order valence-corrected chi connectivity index (χ3v) is 3.19. The van der Waals surface area contributed by atoms with Gasteiger partial charge in [0.1, 0.15) is 5.58 Å². The lowest BCUT2D eigenvalue weighted by atomic mass is 10.2. The maximum Gasteiger partial charge on any atom is 0.289 e. The van der Waals surface area contributed by atoms with E-state index in [2.05, 4.69) is 0 Å². The largest absolute Gasteiger partial charge is 0.451 e. The molecule has 0 radical (unpaired) electrons. The summed E-state index contributed by atoms with van der Waals surface area (Å²) in [5.74, 6) is -0.367. The van der Waals surface area contributed by atoms with Gasteiger partial charge in [-0.25, -0.2) is 0 Å². The molecule has 21 heavy (non-hydrogen) atoms. The highest BCUT2D eigenvalue weighted by molar-refractivity contribution is 5.93. The van der Waals surface area contributed by atoms with Gasteiger partial charge in [-0.05, 0) is 26.0 Å². The van der Waals surface area contributed by atoms with E-state index in [4.69, 9.17) is 9.68 Å². The monoisotopic (exact) mass is 284 g/mol.